The first-order valence-electron chi connectivity index (χ1n) is 17.6. The molecule has 2 aromatic rings. The predicted octanol–water partition coefficient (Wildman–Crippen LogP) is 9.84. The molecule has 1 unspecified atom stereocenters. The molecule has 0 bridgehead atoms. The van der Waals surface area contributed by atoms with Gasteiger partial charge in [-0.15, -0.1) is 0 Å². The highest BCUT2D eigenvalue weighted by atomic mass is 16.7. The predicted molar refractivity (Wildman–Crippen MR) is 204 cm³/mol. The highest BCUT2D eigenvalue weighted by Crippen LogP contribution is 2.50. The van der Waals surface area contributed by atoms with Crippen LogP contribution in [0.2, 0.25) is 0 Å². The summed E-state index contributed by atoms with van der Waals surface area (Å²) in [5.74, 6) is 0.0868. The Bertz CT molecular complexity index is 1620. The lowest BCUT2D eigenvalue weighted by atomic mass is 9.74. The summed E-state index contributed by atoms with van der Waals surface area (Å²) in [6.07, 6.45) is 15.6. The molecule has 2 fully saturated rings. The summed E-state index contributed by atoms with van der Waals surface area (Å²) in [4.78, 5) is 0. The monoisotopic (exact) mass is 646 g/mol. The summed E-state index contributed by atoms with van der Waals surface area (Å²) in [5, 5.41) is 0. The normalized spacial score (nSPS) is 23.7. The average molecular weight is 647 g/mol. The quantitative estimate of drug-likeness (QED) is 0.245. The summed E-state index contributed by atoms with van der Waals surface area (Å²) in [6, 6.07) is 16.0. The molecule has 0 spiro atoms. The summed E-state index contributed by atoms with van der Waals surface area (Å²) in [6.45, 7) is 27.7. The van der Waals surface area contributed by atoms with Crippen molar-refractivity contribution in [2.45, 2.75) is 130 Å². The van der Waals surface area contributed by atoms with E-state index in [9.17, 15) is 0 Å². The van der Waals surface area contributed by atoms with Crippen LogP contribution in [0.3, 0.4) is 0 Å². The van der Waals surface area contributed by atoms with Crippen molar-refractivity contribution >= 4 is 25.3 Å². The second kappa shape index (κ2) is 13.1. The van der Waals surface area contributed by atoms with E-state index in [2.05, 4.69) is 137 Å². The van der Waals surface area contributed by atoms with E-state index in [0.717, 1.165) is 17.4 Å². The molecule has 2 saturated heterocycles. The minimum absolute atomic E-state index is 0.0868. The van der Waals surface area contributed by atoms with Crippen molar-refractivity contribution in [3.63, 3.8) is 0 Å². The Kier molecular flexibility index (Phi) is 9.93. The van der Waals surface area contributed by atoms with Crippen molar-refractivity contribution in [3.8, 4) is 0 Å². The lowest BCUT2D eigenvalue weighted by molar-refractivity contribution is 0.00578. The van der Waals surface area contributed by atoms with Crippen molar-refractivity contribution in [2.24, 2.45) is 0 Å². The Morgan fingerprint density at radius 2 is 1.23 bits per heavy atom. The first kappa shape index (κ1) is 36.4. The molecule has 0 saturated carbocycles. The summed E-state index contributed by atoms with van der Waals surface area (Å²) < 4.78 is 26.0. The summed E-state index contributed by atoms with van der Waals surface area (Å²) in [5.41, 5.74) is 8.54. The van der Waals surface area contributed by atoms with Crippen LogP contribution in [0.4, 0.5) is 0 Å². The van der Waals surface area contributed by atoms with Gasteiger partial charge in [0.15, 0.2) is 0 Å². The molecule has 2 aromatic carbocycles. The first-order valence-corrected chi connectivity index (χ1v) is 17.6. The largest absolute Gasteiger partial charge is 0.494 e. The Morgan fingerprint density at radius 1 is 0.708 bits per heavy atom. The SMILES string of the molecule is C/C=C\C=C/C.CC(C)(C)c1ccc(C2C3=C(CC=CC(B4OC(C)(C)C(C)(C)O4)=C3)c3ccc(B4OC(C)(C)C(C)(C)O4)cc32)cc1. The van der Waals surface area contributed by atoms with Crippen LogP contribution in [0.25, 0.3) is 5.57 Å². The van der Waals surface area contributed by atoms with Crippen LogP contribution >= 0.6 is 0 Å². The van der Waals surface area contributed by atoms with Crippen LogP contribution in [0.1, 0.15) is 125 Å². The van der Waals surface area contributed by atoms with E-state index < -0.39 is 25.4 Å². The number of hydrogen-bond donors (Lipinski definition) is 0. The molecule has 6 rings (SSSR count). The van der Waals surface area contributed by atoms with E-state index in [0.29, 0.717) is 0 Å². The molecule has 2 heterocycles. The number of fused-ring (bicyclic) bond motifs is 2. The van der Waals surface area contributed by atoms with Crippen LogP contribution < -0.4 is 5.46 Å². The molecule has 48 heavy (non-hydrogen) atoms. The molecular weight excluding hydrogens is 590 g/mol. The van der Waals surface area contributed by atoms with Gasteiger partial charge in [-0.25, -0.2) is 0 Å². The average Bonchev–Trinajstić information content (AvgIpc) is 3.41. The molecule has 0 N–H and O–H groups in total. The second-order valence-corrected chi connectivity index (χ2v) is 16.6. The van der Waals surface area contributed by atoms with Crippen molar-refractivity contribution < 1.29 is 18.6 Å². The van der Waals surface area contributed by atoms with Gasteiger partial charge >= 0.3 is 14.2 Å². The highest BCUT2D eigenvalue weighted by Gasteiger charge is 2.53. The topological polar surface area (TPSA) is 36.9 Å². The van der Waals surface area contributed by atoms with Gasteiger partial charge in [0, 0.05) is 5.92 Å². The molecule has 254 valence electrons. The van der Waals surface area contributed by atoms with Crippen molar-refractivity contribution in [1.29, 1.82) is 0 Å². The van der Waals surface area contributed by atoms with Crippen LogP contribution in [0, 0.1) is 0 Å². The second-order valence-electron chi connectivity index (χ2n) is 16.6. The Balaban J connectivity index is 0.000000689. The van der Waals surface area contributed by atoms with Crippen molar-refractivity contribution in [1.82, 2.24) is 0 Å². The molecular formula is C42H56B2O4. The van der Waals surface area contributed by atoms with Gasteiger partial charge < -0.3 is 18.6 Å². The number of benzene rings is 2. The smallest absolute Gasteiger partial charge is 0.399 e. The summed E-state index contributed by atoms with van der Waals surface area (Å²) >= 11 is 0. The Labute approximate surface area is 291 Å². The van der Waals surface area contributed by atoms with Gasteiger partial charge in [-0.1, -0.05) is 106 Å². The lowest BCUT2D eigenvalue weighted by Crippen LogP contribution is -2.41. The zero-order valence-corrected chi connectivity index (χ0v) is 31.7. The minimum atomic E-state index is -0.411. The van der Waals surface area contributed by atoms with Crippen molar-refractivity contribution in [2.75, 3.05) is 0 Å². The first-order chi connectivity index (χ1) is 22.3. The number of rotatable bonds is 4. The van der Waals surface area contributed by atoms with Crippen LogP contribution in [0.15, 0.2) is 96.0 Å². The number of allylic oxidation sites excluding steroid dienone is 10. The maximum atomic E-state index is 6.51. The molecule has 6 heteroatoms. The third-order valence-corrected chi connectivity index (χ3v) is 11.0. The molecule has 4 aliphatic rings. The maximum Gasteiger partial charge on any atom is 0.494 e. The standard InChI is InChI=1S/C36H46B2O4.C6H10/c1-32(2,3)24-17-15-23(16-18-24)31-29-21-25(37-39-33(4,5)34(6,7)40-37)13-12-14-27(29)28-20-19-26(22-30(28)31)38-41-35(8,9)36(10,11)42-38;1-3-5-6-4-2/h12-13,15-22,31H,14H2,1-11H3;3-6H,1-2H3/b;5-3-,6-4-. The van der Waals surface area contributed by atoms with E-state index in [1.54, 1.807) is 0 Å². The fraction of sp³-hybridized carbons (Fsp3) is 0.476. The third-order valence-electron chi connectivity index (χ3n) is 11.0. The van der Waals surface area contributed by atoms with Crippen LogP contribution in [0.5, 0.6) is 0 Å². The molecule has 0 radical (unpaired) electrons. The molecule has 2 aliphatic heterocycles. The van der Waals surface area contributed by atoms with E-state index in [-0.39, 0.29) is 22.5 Å². The van der Waals surface area contributed by atoms with Gasteiger partial charge in [0.1, 0.15) is 0 Å². The highest BCUT2D eigenvalue weighted by molar-refractivity contribution is 6.62. The fourth-order valence-corrected chi connectivity index (χ4v) is 6.54. The molecule has 0 aromatic heterocycles. The zero-order valence-electron chi connectivity index (χ0n) is 31.7. The number of hydrogen-bond acceptors (Lipinski definition) is 4. The van der Waals surface area contributed by atoms with Gasteiger partial charge in [-0.3, -0.25) is 0 Å². The lowest BCUT2D eigenvalue weighted by Gasteiger charge is -2.32. The summed E-state index contributed by atoms with van der Waals surface area (Å²) in [7, 11) is -0.814. The Morgan fingerprint density at radius 3 is 1.73 bits per heavy atom. The molecule has 2 aliphatic carbocycles. The van der Waals surface area contributed by atoms with E-state index in [1.807, 2.05) is 38.2 Å². The van der Waals surface area contributed by atoms with Crippen molar-refractivity contribution in [3.05, 3.63) is 118 Å². The van der Waals surface area contributed by atoms with Crippen LogP contribution in [-0.4, -0.2) is 36.6 Å². The van der Waals surface area contributed by atoms with E-state index in [4.69, 9.17) is 18.6 Å². The minimum Gasteiger partial charge on any atom is -0.399 e. The van der Waals surface area contributed by atoms with Gasteiger partial charge in [-0.2, -0.15) is 0 Å². The van der Waals surface area contributed by atoms with E-state index >= 15 is 0 Å². The molecule has 1 atom stereocenters. The van der Waals surface area contributed by atoms with Gasteiger partial charge in [0.25, 0.3) is 0 Å². The van der Waals surface area contributed by atoms with Gasteiger partial charge in [0.05, 0.1) is 22.4 Å². The maximum absolute atomic E-state index is 6.51. The fourth-order valence-electron chi connectivity index (χ4n) is 6.54. The zero-order chi connectivity index (χ0) is 35.3. The van der Waals surface area contributed by atoms with Gasteiger partial charge in [0.2, 0.25) is 0 Å². The van der Waals surface area contributed by atoms with Gasteiger partial charge in [-0.05, 0) is 125 Å². The molecule has 0 amide bonds. The third kappa shape index (κ3) is 6.92. The molecule has 4 nitrogen and oxygen atoms in total. The van der Waals surface area contributed by atoms with E-state index in [1.165, 1.54) is 33.4 Å². The van der Waals surface area contributed by atoms with Crippen LogP contribution in [-0.2, 0) is 24.0 Å². The Hall–Kier alpha value is -2.89.